The molecule has 4 rings (SSSR count). The van der Waals surface area contributed by atoms with Crippen molar-refractivity contribution in [1.82, 2.24) is 4.90 Å². The monoisotopic (exact) mass is 501 g/mol. The van der Waals surface area contributed by atoms with Gasteiger partial charge in [-0.3, -0.25) is 4.79 Å². The number of fused-ring (bicyclic) bond motifs is 1. The largest absolute Gasteiger partial charge is 0.385 e. The average Bonchev–Trinajstić information content (AvgIpc) is 2.81. The fourth-order valence-electron chi connectivity index (χ4n) is 5.26. The van der Waals surface area contributed by atoms with Crippen molar-refractivity contribution >= 4 is 40.5 Å². The Kier molecular flexibility index (Phi) is 7.40. The standard InChI is InChI=1S/C28H37Cl2N3O/c1-27(2)12-13-28(3,4)22-19-20(10-11-21(22)27)31-14-6-9-25(34)33-17-15-32(16-18-33)24-8-5-7-23(29)26(24)30/h5,7-8,10-11,19,31H,6,9,12-18H2,1-4H3. The topological polar surface area (TPSA) is 35.6 Å². The minimum absolute atomic E-state index is 0.204. The number of amides is 1. The van der Waals surface area contributed by atoms with Gasteiger partial charge in [0.05, 0.1) is 15.7 Å². The molecule has 0 unspecified atom stereocenters. The highest BCUT2D eigenvalue weighted by atomic mass is 35.5. The number of benzene rings is 2. The smallest absolute Gasteiger partial charge is 0.222 e. The molecule has 1 saturated heterocycles. The Morgan fingerprint density at radius 1 is 0.941 bits per heavy atom. The number of hydrogen-bond donors (Lipinski definition) is 1. The van der Waals surface area contributed by atoms with Crippen LogP contribution < -0.4 is 10.2 Å². The van der Waals surface area contributed by atoms with Crippen molar-refractivity contribution in [2.75, 3.05) is 42.9 Å². The number of nitrogens with zero attached hydrogens (tertiary/aromatic N) is 2. The summed E-state index contributed by atoms with van der Waals surface area (Å²) in [6.07, 6.45) is 3.82. The van der Waals surface area contributed by atoms with Crippen LogP contribution in [0.5, 0.6) is 0 Å². The summed E-state index contributed by atoms with van der Waals surface area (Å²) >= 11 is 12.5. The van der Waals surface area contributed by atoms with Gasteiger partial charge in [-0.15, -0.1) is 0 Å². The van der Waals surface area contributed by atoms with Gasteiger partial charge in [0.25, 0.3) is 0 Å². The summed E-state index contributed by atoms with van der Waals surface area (Å²) in [6, 6.07) is 12.5. The van der Waals surface area contributed by atoms with Crippen LogP contribution in [0, 0.1) is 0 Å². The fourth-order valence-corrected chi connectivity index (χ4v) is 5.68. The van der Waals surface area contributed by atoms with Crippen LogP contribution in [-0.4, -0.2) is 43.5 Å². The van der Waals surface area contributed by atoms with E-state index in [2.05, 4.69) is 56.1 Å². The third-order valence-electron chi connectivity index (χ3n) is 7.65. The number of carbonyl (C=O) groups is 1. The molecule has 2 aromatic carbocycles. The highest BCUT2D eigenvalue weighted by molar-refractivity contribution is 6.43. The van der Waals surface area contributed by atoms with Crippen LogP contribution >= 0.6 is 23.2 Å². The predicted octanol–water partition coefficient (Wildman–Crippen LogP) is 6.88. The van der Waals surface area contributed by atoms with Gasteiger partial charge in [0.15, 0.2) is 0 Å². The first-order valence-corrected chi connectivity index (χ1v) is 13.2. The van der Waals surface area contributed by atoms with Gasteiger partial charge in [0.2, 0.25) is 5.91 Å². The van der Waals surface area contributed by atoms with Crippen LogP contribution in [0.25, 0.3) is 0 Å². The molecule has 0 aromatic heterocycles. The quantitative estimate of drug-likeness (QED) is 0.437. The number of piperazine rings is 1. The molecular formula is C28H37Cl2N3O. The second-order valence-electron chi connectivity index (χ2n) is 11.0. The average molecular weight is 503 g/mol. The summed E-state index contributed by atoms with van der Waals surface area (Å²) in [5.41, 5.74) is 5.48. The van der Waals surface area contributed by atoms with Crippen molar-refractivity contribution in [1.29, 1.82) is 0 Å². The van der Waals surface area contributed by atoms with Crippen molar-refractivity contribution in [2.24, 2.45) is 0 Å². The molecule has 1 aliphatic carbocycles. The molecule has 6 heteroatoms. The lowest BCUT2D eigenvalue weighted by atomic mass is 9.63. The molecular weight excluding hydrogens is 465 g/mol. The molecule has 1 aliphatic heterocycles. The first kappa shape index (κ1) is 25.2. The third kappa shape index (κ3) is 5.33. The maximum Gasteiger partial charge on any atom is 0.222 e. The van der Waals surface area contributed by atoms with Crippen LogP contribution in [0.15, 0.2) is 36.4 Å². The Morgan fingerprint density at radius 3 is 2.32 bits per heavy atom. The van der Waals surface area contributed by atoms with Crippen molar-refractivity contribution in [3.8, 4) is 0 Å². The molecule has 1 N–H and O–H groups in total. The highest BCUT2D eigenvalue weighted by Gasteiger charge is 2.36. The lowest BCUT2D eigenvalue weighted by Crippen LogP contribution is -2.48. The Morgan fingerprint density at radius 2 is 1.62 bits per heavy atom. The zero-order valence-electron chi connectivity index (χ0n) is 20.9. The first-order chi connectivity index (χ1) is 16.1. The molecule has 0 atom stereocenters. The second kappa shape index (κ2) is 9.99. The van der Waals surface area contributed by atoms with Gasteiger partial charge in [-0.05, 0) is 65.5 Å². The van der Waals surface area contributed by atoms with E-state index in [-0.39, 0.29) is 16.7 Å². The van der Waals surface area contributed by atoms with E-state index in [9.17, 15) is 4.79 Å². The molecule has 1 fully saturated rings. The molecule has 2 aliphatic rings. The van der Waals surface area contributed by atoms with Gasteiger partial charge >= 0.3 is 0 Å². The lowest BCUT2D eigenvalue weighted by molar-refractivity contribution is -0.131. The summed E-state index contributed by atoms with van der Waals surface area (Å²) in [5.74, 6) is 0.229. The molecule has 0 bridgehead atoms. The Balaban J connectivity index is 1.25. The molecule has 2 aromatic rings. The summed E-state index contributed by atoms with van der Waals surface area (Å²) in [6.45, 7) is 13.2. The van der Waals surface area contributed by atoms with Gasteiger partial charge in [-0.25, -0.2) is 0 Å². The van der Waals surface area contributed by atoms with Gasteiger partial charge < -0.3 is 15.1 Å². The summed E-state index contributed by atoms with van der Waals surface area (Å²) in [7, 11) is 0. The van der Waals surface area contributed by atoms with E-state index in [1.807, 2.05) is 17.0 Å². The predicted molar refractivity (Wildman–Crippen MR) is 145 cm³/mol. The highest BCUT2D eigenvalue weighted by Crippen LogP contribution is 2.46. The van der Waals surface area contributed by atoms with E-state index in [1.165, 1.54) is 24.0 Å². The molecule has 184 valence electrons. The van der Waals surface area contributed by atoms with Gasteiger partial charge in [-0.1, -0.05) is 63.0 Å². The molecule has 0 radical (unpaired) electrons. The molecule has 1 heterocycles. The number of carbonyl (C=O) groups excluding carboxylic acids is 1. The SMILES string of the molecule is CC1(C)CCC(C)(C)c2cc(NCCCC(=O)N3CCN(c4cccc(Cl)c4Cl)CC3)ccc21. The third-order valence-corrected chi connectivity index (χ3v) is 8.46. The van der Waals surface area contributed by atoms with Crippen LogP contribution in [0.4, 0.5) is 11.4 Å². The molecule has 0 saturated carbocycles. The van der Waals surface area contributed by atoms with Crippen molar-refractivity contribution in [2.45, 2.75) is 64.2 Å². The zero-order valence-corrected chi connectivity index (χ0v) is 22.4. The van der Waals surface area contributed by atoms with Crippen molar-refractivity contribution in [3.05, 3.63) is 57.6 Å². The van der Waals surface area contributed by atoms with E-state index < -0.39 is 0 Å². The Labute approximate surface area is 214 Å². The fraction of sp³-hybridized carbons (Fsp3) is 0.536. The van der Waals surface area contributed by atoms with Gasteiger partial charge in [-0.2, -0.15) is 0 Å². The normalized spacial score (nSPS) is 19.0. The second-order valence-corrected chi connectivity index (χ2v) is 11.8. The van der Waals surface area contributed by atoms with Crippen molar-refractivity contribution < 1.29 is 4.79 Å². The van der Waals surface area contributed by atoms with E-state index >= 15 is 0 Å². The molecule has 1 amide bonds. The van der Waals surface area contributed by atoms with Gasteiger partial charge in [0.1, 0.15) is 0 Å². The van der Waals surface area contributed by atoms with E-state index in [1.54, 1.807) is 6.07 Å². The lowest BCUT2D eigenvalue weighted by Gasteiger charge is -2.42. The van der Waals surface area contributed by atoms with Crippen LogP contribution in [0.1, 0.15) is 64.5 Å². The minimum Gasteiger partial charge on any atom is -0.385 e. The molecule has 4 nitrogen and oxygen atoms in total. The minimum atomic E-state index is 0.204. The summed E-state index contributed by atoms with van der Waals surface area (Å²) in [4.78, 5) is 16.9. The number of rotatable bonds is 6. The number of halogens is 2. The van der Waals surface area contributed by atoms with E-state index in [0.717, 1.165) is 37.4 Å². The molecule has 34 heavy (non-hydrogen) atoms. The van der Waals surface area contributed by atoms with Crippen LogP contribution in [0.2, 0.25) is 10.0 Å². The molecule has 0 spiro atoms. The van der Waals surface area contributed by atoms with Crippen LogP contribution in [0.3, 0.4) is 0 Å². The Hall–Kier alpha value is -1.91. The zero-order chi connectivity index (χ0) is 24.5. The van der Waals surface area contributed by atoms with E-state index in [0.29, 0.717) is 29.6 Å². The number of nitrogens with one attached hydrogen (secondary N) is 1. The Bertz CT molecular complexity index is 1040. The maximum absolute atomic E-state index is 12.8. The number of anilines is 2. The summed E-state index contributed by atoms with van der Waals surface area (Å²) < 4.78 is 0. The first-order valence-electron chi connectivity index (χ1n) is 12.4. The van der Waals surface area contributed by atoms with Crippen LogP contribution in [-0.2, 0) is 15.6 Å². The van der Waals surface area contributed by atoms with Crippen molar-refractivity contribution in [3.63, 3.8) is 0 Å². The summed E-state index contributed by atoms with van der Waals surface area (Å²) in [5, 5.41) is 4.71. The maximum atomic E-state index is 12.8. The van der Waals surface area contributed by atoms with E-state index in [4.69, 9.17) is 23.2 Å². The number of hydrogen-bond acceptors (Lipinski definition) is 3. The van der Waals surface area contributed by atoms with Gasteiger partial charge in [0, 0.05) is 44.8 Å².